The van der Waals surface area contributed by atoms with Crippen LogP contribution in [0.4, 0.5) is 0 Å². The van der Waals surface area contributed by atoms with Crippen molar-refractivity contribution in [3.8, 4) is 16.8 Å². The summed E-state index contributed by atoms with van der Waals surface area (Å²) in [4.78, 5) is 17.9. The fourth-order valence-corrected chi connectivity index (χ4v) is 4.52. The molecule has 6 heteroatoms. The number of carbonyl (C=O) groups is 1. The molecule has 2 heterocycles. The lowest BCUT2D eigenvalue weighted by molar-refractivity contribution is 0.0966. The van der Waals surface area contributed by atoms with Gasteiger partial charge in [-0.1, -0.05) is 60.7 Å². The number of benzene rings is 3. The Morgan fingerprint density at radius 1 is 0.970 bits per heavy atom. The van der Waals surface area contributed by atoms with E-state index in [-0.39, 0.29) is 11.8 Å². The molecule has 0 spiro atoms. The largest absolute Gasteiger partial charge is 0.326 e. The molecule has 1 aliphatic rings. The van der Waals surface area contributed by atoms with Crippen LogP contribution in [0.2, 0.25) is 0 Å². The number of hydrogen-bond acceptors (Lipinski definition) is 5. The Morgan fingerprint density at radius 2 is 1.79 bits per heavy atom. The first-order chi connectivity index (χ1) is 16.2. The third-order valence-corrected chi connectivity index (χ3v) is 6.30. The molecule has 1 aliphatic heterocycles. The first-order valence-corrected chi connectivity index (χ1v) is 11.2. The zero-order valence-corrected chi connectivity index (χ0v) is 18.4. The van der Waals surface area contributed by atoms with Crippen molar-refractivity contribution in [2.45, 2.75) is 32.1 Å². The van der Waals surface area contributed by atoms with Gasteiger partial charge in [-0.05, 0) is 39.9 Å². The van der Waals surface area contributed by atoms with E-state index in [0.29, 0.717) is 31.7 Å². The van der Waals surface area contributed by atoms with Crippen molar-refractivity contribution in [3.05, 3.63) is 107 Å². The van der Waals surface area contributed by atoms with E-state index in [1.807, 2.05) is 41.0 Å². The van der Waals surface area contributed by atoms with Crippen molar-refractivity contribution >= 4 is 5.78 Å². The molecule has 166 valence electrons. The van der Waals surface area contributed by atoms with Crippen LogP contribution in [0.1, 0.15) is 45.3 Å². The van der Waals surface area contributed by atoms with Crippen LogP contribution in [0, 0.1) is 0 Å². The lowest BCUT2D eigenvalue weighted by Crippen LogP contribution is -2.20. The highest BCUT2D eigenvalue weighted by Gasteiger charge is 2.27. The smallest absolute Gasteiger partial charge is 0.183 e. The van der Waals surface area contributed by atoms with Crippen LogP contribution in [0.3, 0.4) is 0 Å². The van der Waals surface area contributed by atoms with Crippen molar-refractivity contribution in [1.29, 1.82) is 0 Å². The second-order valence-electron chi connectivity index (χ2n) is 8.33. The van der Waals surface area contributed by atoms with Gasteiger partial charge in [0.15, 0.2) is 5.78 Å². The molecule has 1 aromatic heterocycles. The summed E-state index contributed by atoms with van der Waals surface area (Å²) in [7, 11) is 0. The van der Waals surface area contributed by atoms with E-state index >= 15 is 0 Å². The van der Waals surface area contributed by atoms with Gasteiger partial charge in [0.05, 0.1) is 5.69 Å². The maximum atomic E-state index is 13.3. The predicted octanol–water partition coefficient (Wildman–Crippen LogP) is 3.87. The van der Waals surface area contributed by atoms with E-state index < -0.39 is 0 Å². The molecule has 0 amide bonds. The second kappa shape index (κ2) is 9.11. The summed E-state index contributed by atoms with van der Waals surface area (Å²) in [6.07, 6.45) is 2.10. The molecule has 0 saturated carbocycles. The van der Waals surface area contributed by atoms with Gasteiger partial charge in [-0.2, -0.15) is 0 Å². The Bertz CT molecular complexity index is 1290. The van der Waals surface area contributed by atoms with Gasteiger partial charge in [-0.25, -0.2) is 4.98 Å². The predicted molar refractivity (Wildman–Crippen MR) is 130 cm³/mol. The summed E-state index contributed by atoms with van der Waals surface area (Å²) in [6.45, 7) is 1.49. The van der Waals surface area contributed by atoms with Gasteiger partial charge in [-0.15, -0.1) is 0 Å². The first-order valence-electron chi connectivity index (χ1n) is 11.2. The molecular weight excluding hydrogens is 410 g/mol. The third kappa shape index (κ3) is 4.12. The number of nitrogens with two attached hydrogens (primary N) is 2. The molecule has 0 saturated heterocycles. The average Bonchev–Trinajstić information content (AvgIpc) is 3.23. The summed E-state index contributed by atoms with van der Waals surface area (Å²) in [5.41, 5.74) is 19.5. The van der Waals surface area contributed by atoms with Gasteiger partial charge in [0.1, 0.15) is 12.0 Å². The molecule has 6 nitrogen and oxygen atoms in total. The Labute approximate surface area is 193 Å². The highest BCUT2D eigenvalue weighted by atomic mass is 16.1. The molecule has 4 aromatic rings. The summed E-state index contributed by atoms with van der Waals surface area (Å²) < 4.78 is 1.88. The summed E-state index contributed by atoms with van der Waals surface area (Å²) in [6, 6.07) is 24.4. The van der Waals surface area contributed by atoms with Crippen LogP contribution < -0.4 is 16.8 Å². The van der Waals surface area contributed by atoms with Gasteiger partial charge < -0.3 is 16.8 Å². The second-order valence-corrected chi connectivity index (χ2v) is 8.33. The standard InChI is InChI=1S/C27H27N5O/c28-14-18-4-3-6-22(12-18)32-17-31-25-16-30-24(13-26(33)27(25)32)20-10-8-19(9-11-20)23-7-2-1-5-21(23)15-29/h1-12,17,24,30H,13-16,28-29H2. The molecule has 5 N–H and O–H groups in total. The SMILES string of the molecule is NCc1cccc(-n2cnc3c2C(=O)CC(c2ccc(-c4ccccc4CN)cc2)NC3)c1. The van der Waals surface area contributed by atoms with Crippen molar-refractivity contribution in [2.75, 3.05) is 0 Å². The third-order valence-electron chi connectivity index (χ3n) is 6.30. The van der Waals surface area contributed by atoms with Crippen LogP contribution in [0.25, 0.3) is 16.8 Å². The Balaban J connectivity index is 1.40. The molecule has 0 bridgehead atoms. The maximum Gasteiger partial charge on any atom is 0.183 e. The first kappa shape index (κ1) is 21.3. The minimum Gasteiger partial charge on any atom is -0.326 e. The Kier molecular flexibility index (Phi) is 5.88. The van der Waals surface area contributed by atoms with E-state index in [1.165, 1.54) is 0 Å². The monoisotopic (exact) mass is 437 g/mol. The Morgan fingerprint density at radius 3 is 2.58 bits per heavy atom. The van der Waals surface area contributed by atoms with E-state index in [4.69, 9.17) is 11.5 Å². The van der Waals surface area contributed by atoms with Crippen LogP contribution in [0.15, 0.2) is 79.1 Å². The molecule has 1 atom stereocenters. The van der Waals surface area contributed by atoms with Crippen molar-refractivity contribution in [1.82, 2.24) is 14.9 Å². The number of Topliss-reactive ketones (excluding diaryl/α,β-unsaturated/α-hetero) is 1. The number of nitrogens with zero attached hydrogens (tertiary/aromatic N) is 2. The zero-order valence-electron chi connectivity index (χ0n) is 18.4. The van der Waals surface area contributed by atoms with Gasteiger partial charge >= 0.3 is 0 Å². The van der Waals surface area contributed by atoms with Crippen molar-refractivity contribution in [3.63, 3.8) is 0 Å². The highest BCUT2D eigenvalue weighted by molar-refractivity contribution is 5.97. The number of fused-ring (bicyclic) bond motifs is 1. The summed E-state index contributed by atoms with van der Waals surface area (Å²) in [5, 5.41) is 3.52. The minimum atomic E-state index is -0.0747. The van der Waals surface area contributed by atoms with Gasteiger partial charge in [0.2, 0.25) is 0 Å². The quantitative estimate of drug-likeness (QED) is 0.440. The van der Waals surface area contributed by atoms with E-state index in [9.17, 15) is 4.79 Å². The van der Waals surface area contributed by atoms with Crippen LogP contribution >= 0.6 is 0 Å². The highest BCUT2D eigenvalue weighted by Crippen LogP contribution is 2.29. The molecule has 5 rings (SSSR count). The topological polar surface area (TPSA) is 99.0 Å². The summed E-state index contributed by atoms with van der Waals surface area (Å²) in [5.74, 6) is 0.0770. The fourth-order valence-electron chi connectivity index (χ4n) is 4.52. The van der Waals surface area contributed by atoms with Gasteiger partial charge in [0.25, 0.3) is 0 Å². The zero-order chi connectivity index (χ0) is 22.8. The molecular formula is C27H27N5O. The number of ketones is 1. The maximum absolute atomic E-state index is 13.3. The molecule has 0 fully saturated rings. The van der Waals surface area contributed by atoms with E-state index in [0.717, 1.165) is 39.2 Å². The van der Waals surface area contributed by atoms with E-state index in [2.05, 4.69) is 46.7 Å². The van der Waals surface area contributed by atoms with Gasteiger partial charge in [0, 0.05) is 37.8 Å². The number of aromatic nitrogens is 2. The van der Waals surface area contributed by atoms with Crippen molar-refractivity contribution in [2.24, 2.45) is 11.5 Å². The number of imidazole rings is 1. The van der Waals surface area contributed by atoms with Crippen LogP contribution in [-0.2, 0) is 19.6 Å². The molecule has 0 aliphatic carbocycles. The van der Waals surface area contributed by atoms with Crippen molar-refractivity contribution < 1.29 is 4.79 Å². The average molecular weight is 438 g/mol. The van der Waals surface area contributed by atoms with Crippen LogP contribution in [0.5, 0.6) is 0 Å². The summed E-state index contributed by atoms with van der Waals surface area (Å²) >= 11 is 0. The fraction of sp³-hybridized carbons (Fsp3) is 0.185. The molecule has 3 aromatic carbocycles. The number of rotatable bonds is 5. The molecule has 0 radical (unpaired) electrons. The minimum absolute atomic E-state index is 0.0747. The number of carbonyl (C=O) groups excluding carboxylic acids is 1. The normalized spacial score (nSPS) is 15.8. The lowest BCUT2D eigenvalue weighted by Gasteiger charge is -2.17. The number of hydrogen-bond donors (Lipinski definition) is 3. The van der Waals surface area contributed by atoms with E-state index in [1.54, 1.807) is 6.33 Å². The molecule has 1 unspecified atom stereocenters. The lowest BCUT2D eigenvalue weighted by atomic mass is 9.95. The van der Waals surface area contributed by atoms with Gasteiger partial charge in [-0.3, -0.25) is 9.36 Å². The van der Waals surface area contributed by atoms with Crippen LogP contribution in [-0.4, -0.2) is 15.3 Å². The number of nitrogens with one attached hydrogen (secondary N) is 1. The molecule has 33 heavy (non-hydrogen) atoms. The Hall–Kier alpha value is -3.58.